The predicted molar refractivity (Wildman–Crippen MR) is 124 cm³/mol. The number of ether oxygens (including phenoxy) is 3. The highest BCUT2D eigenvalue weighted by Gasteiger charge is 2.16. The third kappa shape index (κ3) is 6.65. The van der Waals surface area contributed by atoms with Crippen molar-refractivity contribution in [3.8, 4) is 17.6 Å². The normalized spacial score (nSPS) is 11.3. The van der Waals surface area contributed by atoms with Crippen LogP contribution in [0.1, 0.15) is 21.5 Å². The molecule has 3 rings (SSSR count). The molecule has 0 radical (unpaired) electrons. The van der Waals surface area contributed by atoms with Gasteiger partial charge in [-0.05, 0) is 54.4 Å². The molecule has 0 aliphatic heterocycles. The zero-order valence-electron chi connectivity index (χ0n) is 17.4. The molecule has 0 aliphatic carbocycles. The van der Waals surface area contributed by atoms with Gasteiger partial charge in [-0.3, -0.25) is 0 Å². The molecule has 7 heteroatoms. The molecule has 5 nitrogen and oxygen atoms in total. The zero-order chi connectivity index (χ0) is 22.9. The van der Waals surface area contributed by atoms with Crippen molar-refractivity contribution in [2.24, 2.45) is 0 Å². The molecule has 0 aromatic heterocycles. The molecule has 1 unspecified atom stereocenters. The lowest BCUT2D eigenvalue weighted by Crippen LogP contribution is -2.19. The molecule has 0 heterocycles. The SMILES string of the molecule is Cc1cc(Cl)c(OCCOc2ccc(CC(C#N)OC(=O)c3ccccc3)cc2)c(Cl)c1. The summed E-state index contributed by atoms with van der Waals surface area (Å²) in [7, 11) is 0. The van der Waals surface area contributed by atoms with Gasteiger partial charge < -0.3 is 14.2 Å². The maximum Gasteiger partial charge on any atom is 0.339 e. The van der Waals surface area contributed by atoms with Crippen LogP contribution in [0.5, 0.6) is 11.5 Å². The van der Waals surface area contributed by atoms with Gasteiger partial charge in [0, 0.05) is 6.42 Å². The Morgan fingerprint density at radius 1 is 0.969 bits per heavy atom. The minimum atomic E-state index is -0.883. The average Bonchev–Trinajstić information content (AvgIpc) is 2.79. The quantitative estimate of drug-likeness (QED) is 0.281. The maximum atomic E-state index is 12.1. The summed E-state index contributed by atoms with van der Waals surface area (Å²) in [6.45, 7) is 2.48. The van der Waals surface area contributed by atoms with Gasteiger partial charge in [-0.25, -0.2) is 4.79 Å². The minimum absolute atomic E-state index is 0.274. The molecule has 0 aliphatic rings. The number of carbonyl (C=O) groups is 1. The Balaban J connectivity index is 1.47. The van der Waals surface area contributed by atoms with Gasteiger partial charge in [-0.2, -0.15) is 5.26 Å². The Bertz CT molecular complexity index is 1070. The second-order valence-corrected chi connectivity index (χ2v) is 7.81. The van der Waals surface area contributed by atoms with E-state index < -0.39 is 12.1 Å². The summed E-state index contributed by atoms with van der Waals surface area (Å²) in [4.78, 5) is 12.1. The first-order valence-electron chi connectivity index (χ1n) is 9.92. The van der Waals surface area contributed by atoms with Gasteiger partial charge in [0.1, 0.15) is 25.0 Å². The zero-order valence-corrected chi connectivity index (χ0v) is 18.9. The van der Waals surface area contributed by atoms with Crippen LogP contribution in [0.3, 0.4) is 0 Å². The van der Waals surface area contributed by atoms with Crippen molar-refractivity contribution >= 4 is 29.2 Å². The molecule has 164 valence electrons. The molecule has 32 heavy (non-hydrogen) atoms. The molecule has 0 spiro atoms. The first kappa shape index (κ1) is 23.5. The lowest BCUT2D eigenvalue weighted by atomic mass is 10.1. The van der Waals surface area contributed by atoms with Crippen LogP contribution in [0, 0.1) is 18.3 Å². The van der Waals surface area contributed by atoms with Crippen molar-refractivity contribution < 1.29 is 19.0 Å². The number of hydrogen-bond donors (Lipinski definition) is 0. The number of halogens is 2. The number of nitriles is 1. The summed E-state index contributed by atoms with van der Waals surface area (Å²) >= 11 is 12.3. The first-order chi connectivity index (χ1) is 15.5. The van der Waals surface area contributed by atoms with Crippen molar-refractivity contribution in [2.45, 2.75) is 19.4 Å². The summed E-state index contributed by atoms with van der Waals surface area (Å²) in [5.41, 5.74) is 2.21. The average molecular weight is 470 g/mol. The van der Waals surface area contributed by atoms with Crippen molar-refractivity contribution in [1.29, 1.82) is 5.26 Å². The van der Waals surface area contributed by atoms with Crippen LogP contribution >= 0.6 is 23.2 Å². The van der Waals surface area contributed by atoms with Gasteiger partial charge in [-0.1, -0.05) is 53.5 Å². The van der Waals surface area contributed by atoms with E-state index >= 15 is 0 Å². The van der Waals surface area contributed by atoms with E-state index in [4.69, 9.17) is 37.4 Å². The number of hydrogen-bond acceptors (Lipinski definition) is 5. The Hall–Kier alpha value is -3.20. The van der Waals surface area contributed by atoms with E-state index in [9.17, 15) is 10.1 Å². The van der Waals surface area contributed by atoms with E-state index in [0.29, 0.717) is 33.7 Å². The van der Waals surface area contributed by atoms with E-state index in [1.165, 1.54) is 0 Å². The first-order valence-corrected chi connectivity index (χ1v) is 10.7. The Morgan fingerprint density at radius 3 is 2.22 bits per heavy atom. The minimum Gasteiger partial charge on any atom is -0.490 e. The van der Waals surface area contributed by atoms with Crippen molar-refractivity contribution in [2.75, 3.05) is 13.2 Å². The fraction of sp³-hybridized carbons (Fsp3) is 0.200. The molecule has 3 aromatic carbocycles. The molecular formula is C25H21Cl2NO4. The van der Waals surface area contributed by atoms with Crippen molar-refractivity contribution in [3.63, 3.8) is 0 Å². The highest BCUT2D eigenvalue weighted by atomic mass is 35.5. The molecule has 0 N–H and O–H groups in total. The summed E-state index contributed by atoms with van der Waals surface area (Å²) in [6, 6.07) is 21.4. The van der Waals surface area contributed by atoms with E-state index in [0.717, 1.165) is 11.1 Å². The fourth-order valence-corrected chi connectivity index (χ4v) is 3.65. The van der Waals surface area contributed by atoms with Gasteiger partial charge in [0.15, 0.2) is 11.9 Å². The number of rotatable bonds is 9. The van der Waals surface area contributed by atoms with Gasteiger partial charge in [-0.15, -0.1) is 0 Å². The molecular weight excluding hydrogens is 449 g/mol. The molecule has 0 saturated heterocycles. The van der Waals surface area contributed by atoms with Crippen LogP contribution < -0.4 is 9.47 Å². The van der Waals surface area contributed by atoms with Crippen molar-refractivity contribution in [1.82, 2.24) is 0 Å². The number of esters is 1. The number of benzene rings is 3. The second kappa shape index (κ2) is 11.4. The van der Waals surface area contributed by atoms with E-state index in [1.54, 1.807) is 54.6 Å². The third-order valence-electron chi connectivity index (χ3n) is 4.49. The van der Waals surface area contributed by atoms with Gasteiger partial charge in [0.25, 0.3) is 0 Å². The molecule has 3 aromatic rings. The van der Waals surface area contributed by atoms with Crippen LogP contribution in [0.2, 0.25) is 10.0 Å². The van der Waals surface area contributed by atoms with Crippen LogP contribution in [0.25, 0.3) is 0 Å². The number of aryl methyl sites for hydroxylation is 1. The highest BCUT2D eigenvalue weighted by molar-refractivity contribution is 6.37. The largest absolute Gasteiger partial charge is 0.490 e. The standard InChI is InChI=1S/C25H21Cl2NO4/c1-17-13-22(26)24(23(27)14-17)31-12-11-30-20-9-7-18(8-10-20)15-21(16-28)32-25(29)19-5-3-2-4-6-19/h2-10,13-14,21H,11-12,15H2,1H3. The van der Waals surface area contributed by atoms with Gasteiger partial charge in [0.2, 0.25) is 0 Å². The van der Waals surface area contributed by atoms with Crippen LogP contribution in [0.15, 0.2) is 66.7 Å². The van der Waals surface area contributed by atoms with E-state index in [2.05, 4.69) is 0 Å². The molecule has 1 atom stereocenters. The predicted octanol–water partition coefficient (Wildman–Crippen LogP) is 6.05. The summed E-state index contributed by atoms with van der Waals surface area (Å²) in [6.07, 6.45) is -0.602. The summed E-state index contributed by atoms with van der Waals surface area (Å²) in [5, 5.41) is 10.3. The summed E-state index contributed by atoms with van der Waals surface area (Å²) < 4.78 is 16.6. The molecule has 0 bridgehead atoms. The monoisotopic (exact) mass is 469 g/mol. The summed E-state index contributed by atoms with van der Waals surface area (Å²) in [5.74, 6) is 0.560. The molecule has 0 fully saturated rings. The Labute approximate surface area is 197 Å². The van der Waals surface area contributed by atoms with E-state index in [-0.39, 0.29) is 13.0 Å². The van der Waals surface area contributed by atoms with Gasteiger partial charge in [0.05, 0.1) is 15.6 Å². The second-order valence-electron chi connectivity index (χ2n) is 6.99. The Morgan fingerprint density at radius 2 is 1.59 bits per heavy atom. The fourth-order valence-electron chi connectivity index (χ4n) is 2.95. The lowest BCUT2D eigenvalue weighted by molar-refractivity contribution is 0.0408. The highest BCUT2D eigenvalue weighted by Crippen LogP contribution is 2.33. The maximum absolute atomic E-state index is 12.1. The van der Waals surface area contributed by atoms with Crippen LogP contribution in [-0.2, 0) is 11.2 Å². The molecule has 0 saturated carbocycles. The van der Waals surface area contributed by atoms with Gasteiger partial charge >= 0.3 is 5.97 Å². The third-order valence-corrected chi connectivity index (χ3v) is 5.05. The smallest absolute Gasteiger partial charge is 0.339 e. The van der Waals surface area contributed by atoms with Crippen LogP contribution in [-0.4, -0.2) is 25.3 Å². The molecule has 0 amide bonds. The van der Waals surface area contributed by atoms with E-state index in [1.807, 2.05) is 25.1 Å². The number of nitrogens with zero attached hydrogens (tertiary/aromatic N) is 1. The lowest BCUT2D eigenvalue weighted by Gasteiger charge is -2.13. The number of carbonyl (C=O) groups excluding carboxylic acids is 1. The van der Waals surface area contributed by atoms with Crippen LogP contribution in [0.4, 0.5) is 0 Å². The Kier molecular flexibility index (Phi) is 8.38. The topological polar surface area (TPSA) is 68.6 Å². The van der Waals surface area contributed by atoms with Crippen molar-refractivity contribution in [3.05, 3.63) is 93.5 Å².